The summed E-state index contributed by atoms with van der Waals surface area (Å²) >= 11 is 5.95. The molecule has 38 heavy (non-hydrogen) atoms. The van der Waals surface area contributed by atoms with E-state index in [1.807, 2.05) is 37.3 Å². The first-order valence-corrected chi connectivity index (χ1v) is 13.1. The summed E-state index contributed by atoms with van der Waals surface area (Å²) in [5, 5.41) is 7.84. The highest BCUT2D eigenvalue weighted by Gasteiger charge is 2.39. The minimum absolute atomic E-state index is 0.238. The zero-order valence-corrected chi connectivity index (χ0v) is 22.2. The van der Waals surface area contributed by atoms with E-state index in [1.54, 1.807) is 0 Å². The molecule has 1 spiro atoms. The summed E-state index contributed by atoms with van der Waals surface area (Å²) in [7, 11) is 0. The van der Waals surface area contributed by atoms with Crippen LogP contribution < -0.4 is 4.74 Å². The number of aliphatic carboxylic acids is 1. The first kappa shape index (κ1) is 29.8. The molecule has 0 bridgehead atoms. The van der Waals surface area contributed by atoms with Crippen molar-refractivity contribution in [1.29, 1.82) is 0 Å². The summed E-state index contributed by atoms with van der Waals surface area (Å²) in [6.45, 7) is 7.72. The molecular formula is C28H34ClF3N2O4. The Hall–Kier alpha value is -2.78. The second kappa shape index (κ2) is 13.3. The zero-order valence-electron chi connectivity index (χ0n) is 21.5. The number of hydrogen-bond donors (Lipinski definition) is 1. The third kappa shape index (κ3) is 8.63. The van der Waals surface area contributed by atoms with Crippen LogP contribution in [0, 0.1) is 5.41 Å². The van der Waals surface area contributed by atoms with Crippen LogP contribution in [-0.2, 0) is 22.6 Å². The van der Waals surface area contributed by atoms with Crippen LogP contribution in [-0.4, -0.2) is 65.7 Å². The van der Waals surface area contributed by atoms with Crippen LogP contribution >= 0.6 is 11.6 Å². The van der Waals surface area contributed by atoms with E-state index >= 15 is 0 Å². The summed E-state index contributed by atoms with van der Waals surface area (Å²) in [4.78, 5) is 26.2. The molecule has 0 atom stereocenters. The fraction of sp³-hybridized carbons (Fsp3) is 0.500. The molecule has 2 fully saturated rings. The van der Waals surface area contributed by atoms with Crippen molar-refractivity contribution in [3.63, 3.8) is 0 Å². The number of para-hydroxylation sites is 1. The number of benzene rings is 2. The number of amides is 1. The first-order chi connectivity index (χ1) is 18.0. The van der Waals surface area contributed by atoms with Gasteiger partial charge in [-0.15, -0.1) is 0 Å². The van der Waals surface area contributed by atoms with Gasteiger partial charge >= 0.3 is 12.1 Å². The van der Waals surface area contributed by atoms with Crippen molar-refractivity contribution in [2.75, 3.05) is 32.8 Å². The fourth-order valence-electron chi connectivity index (χ4n) is 4.98. The Labute approximate surface area is 226 Å². The quantitative estimate of drug-likeness (QED) is 0.487. The Morgan fingerprint density at radius 3 is 2.08 bits per heavy atom. The van der Waals surface area contributed by atoms with Crippen LogP contribution in [0.1, 0.15) is 43.7 Å². The number of carboxylic acid groups (broad SMARTS) is 1. The van der Waals surface area contributed by atoms with E-state index in [-0.39, 0.29) is 5.91 Å². The van der Waals surface area contributed by atoms with Crippen LogP contribution in [0.3, 0.4) is 0 Å². The third-order valence-electron chi connectivity index (χ3n) is 7.27. The van der Waals surface area contributed by atoms with Crippen molar-refractivity contribution in [3.8, 4) is 5.75 Å². The third-order valence-corrected chi connectivity index (χ3v) is 7.52. The standard InChI is InChI=1S/C26H33ClN2O2.C2HF3O2/c1-2-31-24-6-4-3-5-22(24)20-28-15-11-26(12-16-28)13-17-29(18-14-26)25(30)19-21-7-9-23(27)10-8-21;3-2(4,5)1(6)7/h3-10H,2,11-20H2,1H3;(H,6,7). The predicted octanol–water partition coefficient (Wildman–Crippen LogP) is 5.82. The number of alkyl halides is 3. The number of hydrogen-bond acceptors (Lipinski definition) is 4. The van der Waals surface area contributed by atoms with Gasteiger partial charge in [-0.3, -0.25) is 9.69 Å². The number of carboxylic acids is 1. The number of carbonyl (C=O) groups is 2. The maximum atomic E-state index is 12.7. The highest BCUT2D eigenvalue weighted by molar-refractivity contribution is 6.30. The Balaban J connectivity index is 0.000000505. The van der Waals surface area contributed by atoms with Gasteiger partial charge in [0.15, 0.2) is 0 Å². The van der Waals surface area contributed by atoms with Crippen molar-refractivity contribution < 1.29 is 32.6 Å². The zero-order chi connectivity index (χ0) is 27.8. The largest absolute Gasteiger partial charge is 0.494 e. The van der Waals surface area contributed by atoms with Crippen LogP contribution in [0.4, 0.5) is 13.2 Å². The average Bonchev–Trinajstić information content (AvgIpc) is 2.88. The van der Waals surface area contributed by atoms with Crippen LogP contribution in [0.5, 0.6) is 5.75 Å². The lowest BCUT2D eigenvalue weighted by molar-refractivity contribution is -0.192. The van der Waals surface area contributed by atoms with Crippen molar-refractivity contribution in [2.24, 2.45) is 5.41 Å². The molecule has 208 valence electrons. The van der Waals surface area contributed by atoms with Crippen molar-refractivity contribution in [3.05, 3.63) is 64.7 Å². The molecule has 10 heteroatoms. The molecule has 0 unspecified atom stereocenters. The summed E-state index contributed by atoms with van der Waals surface area (Å²) in [6.07, 6.45) is 0.0919. The number of carbonyl (C=O) groups excluding carboxylic acids is 1. The lowest BCUT2D eigenvalue weighted by atomic mass is 9.71. The molecule has 2 aromatic carbocycles. The molecule has 0 aliphatic carbocycles. The van der Waals surface area contributed by atoms with Gasteiger partial charge in [0.25, 0.3) is 0 Å². The number of rotatable bonds is 6. The second-order valence-corrected chi connectivity index (χ2v) is 10.2. The van der Waals surface area contributed by atoms with Gasteiger partial charge in [-0.05, 0) is 74.9 Å². The monoisotopic (exact) mass is 554 g/mol. The summed E-state index contributed by atoms with van der Waals surface area (Å²) < 4.78 is 37.5. The highest BCUT2D eigenvalue weighted by Crippen LogP contribution is 2.41. The normalized spacial score (nSPS) is 17.4. The molecule has 0 radical (unpaired) electrons. The SMILES string of the molecule is CCOc1ccccc1CN1CCC2(CC1)CCN(C(=O)Cc1ccc(Cl)cc1)CC2.O=C(O)C(F)(F)F. The minimum atomic E-state index is -5.08. The molecule has 6 nitrogen and oxygen atoms in total. The van der Waals surface area contributed by atoms with Crippen molar-refractivity contribution in [1.82, 2.24) is 9.80 Å². The smallest absolute Gasteiger partial charge is 0.490 e. The Morgan fingerprint density at radius 2 is 1.53 bits per heavy atom. The van der Waals surface area contributed by atoms with Gasteiger partial charge in [0.1, 0.15) is 5.75 Å². The molecule has 2 saturated heterocycles. The maximum Gasteiger partial charge on any atom is 0.490 e. The van der Waals surface area contributed by atoms with E-state index in [1.165, 1.54) is 18.4 Å². The van der Waals surface area contributed by atoms with Gasteiger partial charge in [-0.1, -0.05) is 41.9 Å². The van der Waals surface area contributed by atoms with Gasteiger partial charge in [0.2, 0.25) is 5.91 Å². The molecule has 1 N–H and O–H groups in total. The van der Waals surface area contributed by atoms with E-state index in [4.69, 9.17) is 26.2 Å². The van der Waals surface area contributed by atoms with Gasteiger partial charge in [-0.25, -0.2) is 4.79 Å². The molecule has 0 aromatic heterocycles. The molecule has 2 aliphatic heterocycles. The second-order valence-electron chi connectivity index (χ2n) is 9.80. The maximum absolute atomic E-state index is 12.7. The van der Waals surface area contributed by atoms with E-state index in [9.17, 15) is 18.0 Å². The Bertz CT molecular complexity index is 1060. The van der Waals surface area contributed by atoms with Gasteiger partial charge in [-0.2, -0.15) is 13.2 Å². The predicted molar refractivity (Wildman–Crippen MR) is 139 cm³/mol. The van der Waals surface area contributed by atoms with Crippen LogP contribution in [0.2, 0.25) is 5.02 Å². The number of halogens is 4. The summed E-state index contributed by atoms with van der Waals surface area (Å²) in [5.74, 6) is -1.51. The minimum Gasteiger partial charge on any atom is -0.494 e. The fourth-order valence-corrected chi connectivity index (χ4v) is 5.10. The topological polar surface area (TPSA) is 70.1 Å². The molecular weight excluding hydrogens is 521 g/mol. The Kier molecular flexibility index (Phi) is 10.4. The van der Waals surface area contributed by atoms with E-state index in [0.29, 0.717) is 23.5 Å². The summed E-state index contributed by atoms with van der Waals surface area (Å²) in [5.41, 5.74) is 2.73. The van der Waals surface area contributed by atoms with Gasteiger partial charge in [0.05, 0.1) is 13.0 Å². The van der Waals surface area contributed by atoms with Gasteiger partial charge < -0.3 is 14.7 Å². The number of piperidine rings is 2. The lowest BCUT2D eigenvalue weighted by Crippen LogP contribution is -2.48. The van der Waals surface area contributed by atoms with Crippen LogP contribution in [0.25, 0.3) is 0 Å². The van der Waals surface area contributed by atoms with Crippen molar-refractivity contribution >= 4 is 23.5 Å². The lowest BCUT2D eigenvalue weighted by Gasteiger charge is -2.47. The number of nitrogens with zero attached hydrogens (tertiary/aromatic N) is 2. The average molecular weight is 555 g/mol. The van der Waals surface area contributed by atoms with Crippen molar-refractivity contribution in [2.45, 2.75) is 51.7 Å². The van der Waals surface area contributed by atoms with E-state index < -0.39 is 12.1 Å². The number of likely N-dealkylation sites (tertiary alicyclic amines) is 2. The van der Waals surface area contributed by atoms with E-state index in [2.05, 4.69) is 28.0 Å². The molecule has 1 amide bonds. The molecule has 2 heterocycles. The highest BCUT2D eigenvalue weighted by atomic mass is 35.5. The van der Waals surface area contributed by atoms with Gasteiger partial charge in [0, 0.05) is 30.2 Å². The van der Waals surface area contributed by atoms with Crippen LogP contribution in [0.15, 0.2) is 48.5 Å². The molecule has 4 rings (SSSR count). The van der Waals surface area contributed by atoms with E-state index in [0.717, 1.165) is 56.9 Å². The molecule has 2 aromatic rings. The number of ether oxygens (including phenoxy) is 1. The Morgan fingerprint density at radius 1 is 0.974 bits per heavy atom. The molecule has 0 saturated carbocycles. The summed E-state index contributed by atoms with van der Waals surface area (Å²) in [6, 6.07) is 16.0. The first-order valence-electron chi connectivity index (χ1n) is 12.8. The molecule has 2 aliphatic rings.